The average molecular weight is 422 g/mol. The molecule has 2 heterocycles. The van der Waals surface area contributed by atoms with E-state index in [4.69, 9.17) is 14.3 Å². The Bertz CT molecular complexity index is 986. The Labute approximate surface area is 168 Å². The highest BCUT2D eigenvalue weighted by atomic mass is 32.2. The molecule has 11 heteroatoms. The number of rotatable bonds is 6. The fourth-order valence-corrected chi connectivity index (χ4v) is 4.02. The monoisotopic (exact) mass is 422 g/mol. The predicted octanol–water partition coefficient (Wildman–Crippen LogP) is 3.08. The van der Waals surface area contributed by atoms with Crippen LogP contribution >= 0.6 is 24.4 Å². The highest BCUT2D eigenvalue weighted by Crippen LogP contribution is 2.39. The normalized spacial score (nSPS) is 17.9. The molecule has 1 fully saturated rings. The Kier molecular flexibility index (Phi) is 5.66. The van der Waals surface area contributed by atoms with Crippen molar-refractivity contribution in [3.63, 3.8) is 0 Å². The van der Waals surface area contributed by atoms with Crippen LogP contribution in [0.2, 0.25) is 0 Å². The third-order valence-corrected chi connectivity index (χ3v) is 5.45. The summed E-state index contributed by atoms with van der Waals surface area (Å²) in [5.41, 5.74) is 0.0858. The van der Waals surface area contributed by atoms with E-state index in [2.05, 4.69) is 12.6 Å². The average Bonchev–Trinajstić information content (AvgIpc) is 3.21. The molecule has 0 saturated carbocycles. The number of aliphatic carboxylic acids is 1. The van der Waals surface area contributed by atoms with Crippen molar-refractivity contribution in [3.8, 4) is 17.1 Å². The van der Waals surface area contributed by atoms with E-state index in [1.807, 2.05) is 0 Å². The number of carbonyl (C=O) groups is 2. The van der Waals surface area contributed by atoms with Crippen molar-refractivity contribution < 1.29 is 28.8 Å². The van der Waals surface area contributed by atoms with Crippen LogP contribution in [0.5, 0.6) is 5.75 Å². The van der Waals surface area contributed by atoms with E-state index in [1.165, 1.54) is 25.3 Å². The van der Waals surface area contributed by atoms with E-state index in [0.29, 0.717) is 11.5 Å². The minimum absolute atomic E-state index is 0.178. The fraction of sp³-hybridized carbons (Fsp3) is 0.176. The van der Waals surface area contributed by atoms with Crippen molar-refractivity contribution in [2.24, 2.45) is 0 Å². The van der Waals surface area contributed by atoms with Gasteiger partial charge >= 0.3 is 5.97 Å². The lowest BCUT2D eigenvalue weighted by molar-refractivity contribution is -0.384. The van der Waals surface area contributed by atoms with Gasteiger partial charge in [-0.15, -0.1) is 12.6 Å². The van der Waals surface area contributed by atoms with Crippen LogP contribution in [0, 0.1) is 10.1 Å². The number of ether oxygens (including phenoxy) is 1. The number of carbonyl (C=O) groups excluding carboxylic acids is 1. The number of carboxylic acid groups (broad SMARTS) is 1. The zero-order valence-corrected chi connectivity index (χ0v) is 16.1. The summed E-state index contributed by atoms with van der Waals surface area (Å²) in [5.74, 6) is -0.715. The lowest BCUT2D eigenvalue weighted by Gasteiger charge is -2.15. The van der Waals surface area contributed by atoms with Gasteiger partial charge in [-0.3, -0.25) is 19.7 Å². The van der Waals surface area contributed by atoms with Gasteiger partial charge in [-0.25, -0.2) is 0 Å². The maximum Gasteiger partial charge on any atom is 0.323 e. The molecule has 1 saturated heterocycles. The van der Waals surface area contributed by atoms with Crippen molar-refractivity contribution in [2.75, 3.05) is 13.7 Å². The van der Waals surface area contributed by atoms with Gasteiger partial charge in [0, 0.05) is 6.08 Å². The summed E-state index contributed by atoms with van der Waals surface area (Å²) in [7, 11) is 1.41. The molecule has 0 radical (unpaired) electrons. The molecule has 1 aliphatic heterocycles. The van der Waals surface area contributed by atoms with Gasteiger partial charge in [0.25, 0.3) is 11.6 Å². The van der Waals surface area contributed by atoms with Crippen molar-refractivity contribution in [1.82, 2.24) is 4.90 Å². The predicted molar refractivity (Wildman–Crippen MR) is 105 cm³/mol. The van der Waals surface area contributed by atoms with Crippen molar-refractivity contribution in [1.29, 1.82) is 0 Å². The minimum atomic E-state index is -1.14. The quantitative estimate of drug-likeness (QED) is 0.315. The number of thioether (sulfide) groups is 1. The third-order valence-electron chi connectivity index (χ3n) is 3.84. The van der Waals surface area contributed by atoms with E-state index in [0.717, 1.165) is 16.7 Å². The number of thiol groups is 1. The van der Waals surface area contributed by atoms with Gasteiger partial charge in [-0.05, 0) is 24.3 Å². The van der Waals surface area contributed by atoms with Gasteiger partial charge in [-0.2, -0.15) is 0 Å². The first-order chi connectivity index (χ1) is 13.3. The standard InChI is InChI=1S/C17H14N2O7S2/c1-25-9-2-4-11(12(6-9)19(23)24)13-5-3-10(26-13)7-14-16(22)18(8-15(20)21)17(27)28-14/h2-7,17,27H,8H2,1H3,(H,20,21)/b14-7-. The molecule has 146 valence electrons. The summed E-state index contributed by atoms with van der Waals surface area (Å²) in [6.07, 6.45) is 1.46. The first-order valence-electron chi connectivity index (χ1n) is 7.82. The molecule has 9 nitrogen and oxygen atoms in total. The summed E-state index contributed by atoms with van der Waals surface area (Å²) < 4.78 is 10.0. The van der Waals surface area contributed by atoms with E-state index in [1.54, 1.807) is 18.2 Å². The molecule has 0 bridgehead atoms. The topological polar surface area (TPSA) is 123 Å². The molecule has 1 amide bonds. The number of carboxylic acids is 1. The molecule has 28 heavy (non-hydrogen) atoms. The molecule has 2 aromatic rings. The number of nitro benzene ring substituents is 1. The van der Waals surface area contributed by atoms with Gasteiger partial charge in [0.2, 0.25) is 0 Å². The van der Waals surface area contributed by atoms with Crippen molar-refractivity contribution in [2.45, 2.75) is 4.71 Å². The molecule has 0 spiro atoms. The second kappa shape index (κ2) is 7.98. The molecule has 1 N–H and O–H groups in total. The number of methoxy groups -OCH3 is 1. The summed E-state index contributed by atoms with van der Waals surface area (Å²) in [6, 6.07) is 7.51. The number of nitrogens with zero attached hydrogens (tertiary/aromatic N) is 2. The van der Waals surface area contributed by atoms with Gasteiger partial charge in [0.15, 0.2) is 0 Å². The van der Waals surface area contributed by atoms with Crippen LogP contribution in [-0.2, 0) is 9.59 Å². The molecule has 3 rings (SSSR count). The SMILES string of the molecule is COc1ccc(-c2ccc(/C=C3\SC(S)N(CC(=O)O)C3=O)o2)c([N+](=O)[O-])c1. The van der Waals surface area contributed by atoms with E-state index >= 15 is 0 Å². The van der Waals surface area contributed by atoms with E-state index in [-0.39, 0.29) is 21.9 Å². The van der Waals surface area contributed by atoms with Crippen molar-refractivity contribution >= 4 is 48.0 Å². The van der Waals surface area contributed by atoms with Crippen LogP contribution in [0.15, 0.2) is 39.7 Å². The highest BCUT2D eigenvalue weighted by Gasteiger charge is 2.35. The van der Waals surface area contributed by atoms with Crippen LogP contribution in [0.1, 0.15) is 5.76 Å². The molecule has 1 aliphatic rings. The Morgan fingerprint density at radius 1 is 1.46 bits per heavy atom. The number of benzene rings is 1. The molecule has 1 unspecified atom stereocenters. The third kappa shape index (κ3) is 3.99. The van der Waals surface area contributed by atoms with Crippen LogP contribution in [0.3, 0.4) is 0 Å². The van der Waals surface area contributed by atoms with Crippen LogP contribution in [0.4, 0.5) is 5.69 Å². The van der Waals surface area contributed by atoms with E-state index < -0.39 is 28.1 Å². The summed E-state index contributed by atoms with van der Waals surface area (Å²) in [5, 5.41) is 20.2. The number of amides is 1. The number of furan rings is 1. The Balaban J connectivity index is 1.90. The Morgan fingerprint density at radius 2 is 2.21 bits per heavy atom. The van der Waals surface area contributed by atoms with Gasteiger partial charge < -0.3 is 19.2 Å². The lowest BCUT2D eigenvalue weighted by Crippen LogP contribution is -2.34. The molecular weight excluding hydrogens is 408 g/mol. The Morgan fingerprint density at radius 3 is 2.86 bits per heavy atom. The molecule has 0 aliphatic carbocycles. The summed E-state index contributed by atoms with van der Waals surface area (Å²) >= 11 is 5.30. The van der Waals surface area contributed by atoms with E-state index in [9.17, 15) is 19.7 Å². The van der Waals surface area contributed by atoms with Crippen LogP contribution in [-0.4, -0.2) is 45.2 Å². The van der Waals surface area contributed by atoms with Crippen molar-refractivity contribution in [3.05, 3.63) is 51.1 Å². The second-order valence-electron chi connectivity index (χ2n) is 5.62. The van der Waals surface area contributed by atoms with Crippen LogP contribution in [0.25, 0.3) is 17.4 Å². The highest BCUT2D eigenvalue weighted by molar-refractivity contribution is 8.14. The summed E-state index contributed by atoms with van der Waals surface area (Å²) in [6.45, 7) is -0.460. The molecule has 1 aromatic carbocycles. The smallest absolute Gasteiger partial charge is 0.323 e. The largest absolute Gasteiger partial charge is 0.497 e. The number of nitro groups is 1. The zero-order valence-electron chi connectivity index (χ0n) is 14.4. The maximum absolute atomic E-state index is 12.3. The second-order valence-corrected chi connectivity index (χ2v) is 7.58. The fourth-order valence-electron chi connectivity index (χ4n) is 2.56. The van der Waals surface area contributed by atoms with Gasteiger partial charge in [-0.1, -0.05) is 11.8 Å². The van der Waals surface area contributed by atoms with Gasteiger partial charge in [0.1, 0.15) is 28.5 Å². The van der Waals surface area contributed by atoms with Crippen LogP contribution < -0.4 is 4.74 Å². The van der Waals surface area contributed by atoms with Gasteiger partial charge in [0.05, 0.1) is 28.6 Å². The number of hydrogen-bond acceptors (Lipinski definition) is 8. The Hall–Kier alpha value is -2.92. The molecule has 1 aromatic heterocycles. The summed E-state index contributed by atoms with van der Waals surface area (Å²) in [4.78, 5) is 35.4. The zero-order chi connectivity index (χ0) is 20.4. The first-order valence-corrected chi connectivity index (χ1v) is 9.21. The minimum Gasteiger partial charge on any atom is -0.497 e. The molecule has 1 atom stereocenters. The first kappa shape index (κ1) is 19.8. The lowest BCUT2D eigenvalue weighted by atomic mass is 10.1. The maximum atomic E-state index is 12.3. The molecular formula is C17H14N2O7S2. The number of hydrogen-bond donors (Lipinski definition) is 2.